The fourth-order valence-electron chi connectivity index (χ4n) is 4.47. The zero-order valence-corrected chi connectivity index (χ0v) is 17.7. The van der Waals surface area contributed by atoms with Crippen LogP contribution in [0.4, 0.5) is 5.82 Å². The first-order chi connectivity index (χ1) is 14.1. The molecule has 1 atom stereocenters. The molecule has 0 bridgehead atoms. The number of rotatable bonds is 6. The molecule has 2 aromatic rings. The number of nitrogens with one attached hydrogen (secondary N) is 1. The van der Waals surface area contributed by atoms with Gasteiger partial charge in [0.1, 0.15) is 11.6 Å². The Bertz CT molecular complexity index is 814. The summed E-state index contributed by atoms with van der Waals surface area (Å²) in [7, 11) is 0. The molecule has 0 spiro atoms. The Morgan fingerprint density at radius 2 is 1.86 bits per heavy atom. The molecule has 1 aliphatic carbocycles. The largest absolute Gasteiger partial charge is 0.393 e. The minimum absolute atomic E-state index is 0.157. The molecule has 2 aliphatic rings. The van der Waals surface area contributed by atoms with Gasteiger partial charge in [0.2, 0.25) is 0 Å². The van der Waals surface area contributed by atoms with E-state index in [4.69, 9.17) is 19.7 Å². The first-order valence-electron chi connectivity index (χ1n) is 11.3. The van der Waals surface area contributed by atoms with Gasteiger partial charge in [0.25, 0.3) is 0 Å². The van der Waals surface area contributed by atoms with Crippen LogP contribution in [-0.2, 0) is 11.2 Å². The van der Waals surface area contributed by atoms with Crippen molar-refractivity contribution in [2.75, 3.05) is 18.5 Å². The van der Waals surface area contributed by atoms with Gasteiger partial charge in [-0.25, -0.2) is 15.0 Å². The number of aromatic nitrogens is 3. The average molecular weight is 399 g/mol. The van der Waals surface area contributed by atoms with E-state index >= 15 is 0 Å². The third kappa shape index (κ3) is 4.86. The van der Waals surface area contributed by atoms with Crippen LogP contribution in [0.15, 0.2) is 12.4 Å². The van der Waals surface area contributed by atoms with Crippen molar-refractivity contribution >= 4 is 16.7 Å². The monoisotopic (exact) mass is 398 g/mol. The third-order valence-corrected chi connectivity index (χ3v) is 6.63. The molecule has 1 saturated heterocycles. The lowest BCUT2D eigenvalue weighted by molar-refractivity contribution is 0.0904. The number of hydrogen-bond donors (Lipinski definition) is 2. The average Bonchev–Trinajstić information content (AvgIpc) is 2.75. The molecule has 4 rings (SSSR count). The highest BCUT2D eigenvalue weighted by atomic mass is 16.5. The van der Waals surface area contributed by atoms with Crippen molar-refractivity contribution in [2.45, 2.75) is 83.3 Å². The zero-order chi connectivity index (χ0) is 20.2. The molecule has 0 amide bonds. The van der Waals surface area contributed by atoms with E-state index in [0.29, 0.717) is 17.9 Å². The van der Waals surface area contributed by atoms with Crippen molar-refractivity contribution in [2.24, 2.45) is 5.92 Å². The molecular formula is C23H34N4O2. The zero-order valence-electron chi connectivity index (χ0n) is 17.7. The third-order valence-electron chi connectivity index (χ3n) is 6.63. The quantitative estimate of drug-likeness (QED) is 0.758. The molecular weight excluding hydrogens is 364 g/mol. The van der Waals surface area contributed by atoms with Crippen LogP contribution < -0.4 is 5.32 Å². The van der Waals surface area contributed by atoms with Crippen LogP contribution in [0.25, 0.3) is 10.9 Å². The number of fused-ring (bicyclic) bond motifs is 1. The standard InChI is InChI=1S/C23H34N4O2/c1-3-15(2)12-21-24-14-20-22(27-21)19(16-4-6-18(28)7-5-16)13-25-23(20)26-17-8-10-29-11-9-17/h13-18,28H,3-12H2,1-2H3,(H,25,26)/t15-,16?,18?/m0/s1. The number of hydrogen-bond acceptors (Lipinski definition) is 6. The van der Waals surface area contributed by atoms with Crippen molar-refractivity contribution < 1.29 is 9.84 Å². The van der Waals surface area contributed by atoms with Crippen LogP contribution >= 0.6 is 0 Å². The SMILES string of the molecule is CC[C@H](C)Cc1ncc2c(NC3CCOCC3)ncc(C3CCC(O)CC3)c2n1. The number of aliphatic hydroxyl groups is 1. The van der Waals surface area contributed by atoms with Crippen molar-refractivity contribution in [3.8, 4) is 0 Å². The topological polar surface area (TPSA) is 80.2 Å². The minimum atomic E-state index is -0.157. The lowest BCUT2D eigenvalue weighted by Crippen LogP contribution is -2.28. The summed E-state index contributed by atoms with van der Waals surface area (Å²) in [6.45, 7) is 6.06. The Labute approximate surface area is 173 Å². The number of pyridine rings is 1. The van der Waals surface area contributed by atoms with Crippen molar-refractivity contribution in [3.63, 3.8) is 0 Å². The van der Waals surface area contributed by atoms with Gasteiger partial charge in [-0.05, 0) is 50.4 Å². The minimum Gasteiger partial charge on any atom is -0.393 e. The second-order valence-electron chi connectivity index (χ2n) is 8.86. The van der Waals surface area contributed by atoms with Gasteiger partial charge in [-0.2, -0.15) is 0 Å². The molecule has 0 radical (unpaired) electrons. The van der Waals surface area contributed by atoms with Crippen LogP contribution in [0.2, 0.25) is 0 Å². The molecule has 1 aliphatic heterocycles. The summed E-state index contributed by atoms with van der Waals surface area (Å²) in [4.78, 5) is 14.5. The maximum absolute atomic E-state index is 9.92. The Kier molecular flexibility index (Phi) is 6.60. The van der Waals surface area contributed by atoms with Gasteiger partial charge < -0.3 is 15.2 Å². The van der Waals surface area contributed by atoms with Crippen molar-refractivity contribution in [1.82, 2.24) is 15.0 Å². The molecule has 2 aromatic heterocycles. The molecule has 6 nitrogen and oxygen atoms in total. The number of ether oxygens (including phenoxy) is 1. The number of aliphatic hydroxyl groups excluding tert-OH is 1. The molecule has 2 N–H and O–H groups in total. The summed E-state index contributed by atoms with van der Waals surface area (Å²) in [6.07, 6.45) is 11.6. The summed E-state index contributed by atoms with van der Waals surface area (Å²) in [5.41, 5.74) is 2.27. The van der Waals surface area contributed by atoms with Crippen LogP contribution in [0.1, 0.15) is 76.1 Å². The summed E-state index contributed by atoms with van der Waals surface area (Å²) in [5.74, 6) is 2.80. The van der Waals surface area contributed by atoms with E-state index in [-0.39, 0.29) is 6.10 Å². The fourth-order valence-corrected chi connectivity index (χ4v) is 4.47. The van der Waals surface area contributed by atoms with Crippen LogP contribution in [0.5, 0.6) is 0 Å². The van der Waals surface area contributed by atoms with E-state index in [1.54, 1.807) is 0 Å². The molecule has 0 unspecified atom stereocenters. The van der Waals surface area contributed by atoms with Crippen molar-refractivity contribution in [3.05, 3.63) is 23.8 Å². The molecule has 158 valence electrons. The van der Waals surface area contributed by atoms with Crippen LogP contribution in [-0.4, -0.2) is 45.4 Å². The van der Waals surface area contributed by atoms with Gasteiger partial charge in [0, 0.05) is 43.6 Å². The highest BCUT2D eigenvalue weighted by Crippen LogP contribution is 2.37. The second-order valence-corrected chi connectivity index (χ2v) is 8.86. The smallest absolute Gasteiger partial charge is 0.137 e. The van der Waals surface area contributed by atoms with E-state index in [1.807, 2.05) is 12.4 Å². The van der Waals surface area contributed by atoms with Gasteiger partial charge >= 0.3 is 0 Å². The Balaban J connectivity index is 1.69. The lowest BCUT2D eigenvalue weighted by Gasteiger charge is -2.27. The Morgan fingerprint density at radius 1 is 1.10 bits per heavy atom. The lowest BCUT2D eigenvalue weighted by atomic mass is 9.82. The number of anilines is 1. The van der Waals surface area contributed by atoms with E-state index in [9.17, 15) is 5.11 Å². The normalized spacial score (nSPS) is 24.5. The summed E-state index contributed by atoms with van der Waals surface area (Å²) in [5, 5.41) is 14.6. The maximum atomic E-state index is 9.92. The van der Waals surface area contributed by atoms with Gasteiger partial charge in [0.05, 0.1) is 17.0 Å². The van der Waals surface area contributed by atoms with Gasteiger partial charge in [-0.15, -0.1) is 0 Å². The maximum Gasteiger partial charge on any atom is 0.137 e. The number of nitrogens with zero attached hydrogens (tertiary/aromatic N) is 3. The fraction of sp³-hybridized carbons (Fsp3) is 0.696. The van der Waals surface area contributed by atoms with Crippen LogP contribution in [0.3, 0.4) is 0 Å². The predicted octanol–water partition coefficient (Wildman–Crippen LogP) is 4.22. The first kappa shape index (κ1) is 20.5. The first-order valence-corrected chi connectivity index (χ1v) is 11.3. The van der Waals surface area contributed by atoms with Gasteiger partial charge in [-0.1, -0.05) is 20.3 Å². The van der Waals surface area contributed by atoms with Crippen LogP contribution in [0, 0.1) is 5.92 Å². The molecule has 29 heavy (non-hydrogen) atoms. The van der Waals surface area contributed by atoms with E-state index in [0.717, 1.165) is 87.1 Å². The predicted molar refractivity (Wildman–Crippen MR) is 115 cm³/mol. The summed E-state index contributed by atoms with van der Waals surface area (Å²) in [6, 6.07) is 0.384. The molecule has 3 heterocycles. The summed E-state index contributed by atoms with van der Waals surface area (Å²) < 4.78 is 5.49. The highest BCUT2D eigenvalue weighted by Gasteiger charge is 2.25. The molecule has 0 aromatic carbocycles. The summed E-state index contributed by atoms with van der Waals surface area (Å²) >= 11 is 0. The molecule has 2 fully saturated rings. The molecule has 1 saturated carbocycles. The second kappa shape index (κ2) is 9.35. The Morgan fingerprint density at radius 3 is 2.59 bits per heavy atom. The Hall–Kier alpha value is -1.79. The van der Waals surface area contributed by atoms with Gasteiger partial charge in [-0.3, -0.25) is 0 Å². The van der Waals surface area contributed by atoms with Gasteiger partial charge in [0.15, 0.2) is 0 Å². The van der Waals surface area contributed by atoms with E-state index in [1.165, 1.54) is 5.56 Å². The van der Waals surface area contributed by atoms with E-state index in [2.05, 4.69) is 19.2 Å². The molecule has 6 heteroatoms. The van der Waals surface area contributed by atoms with E-state index < -0.39 is 0 Å². The highest BCUT2D eigenvalue weighted by molar-refractivity contribution is 5.91. The van der Waals surface area contributed by atoms with Crippen molar-refractivity contribution in [1.29, 1.82) is 0 Å².